The molecule has 0 radical (unpaired) electrons. The van der Waals surface area contributed by atoms with Crippen LogP contribution in [0, 0.1) is 11.8 Å². The molecule has 1 nitrogen and oxygen atoms in total. The fraction of sp³-hybridized carbons (Fsp3) is 0.667. The van der Waals surface area contributed by atoms with E-state index in [1.165, 1.54) is 31.2 Å². The summed E-state index contributed by atoms with van der Waals surface area (Å²) in [6.45, 7) is 8.98. The summed E-state index contributed by atoms with van der Waals surface area (Å²) in [4.78, 5) is 0. The minimum Gasteiger partial charge on any atom is -0.388 e. The summed E-state index contributed by atoms with van der Waals surface area (Å²) in [6.07, 6.45) is 4.65. The molecule has 0 aromatic heterocycles. The molecule has 0 bridgehead atoms. The Morgan fingerprint density at radius 2 is 1.74 bits per heavy atom. The maximum atomic E-state index is 10.6. The summed E-state index contributed by atoms with van der Waals surface area (Å²) in [7, 11) is 0. The van der Waals surface area contributed by atoms with Gasteiger partial charge < -0.3 is 5.11 Å². The Morgan fingerprint density at radius 3 is 2.26 bits per heavy atom. The number of rotatable bonds is 2. The van der Waals surface area contributed by atoms with Gasteiger partial charge in [-0.05, 0) is 41.2 Å². The van der Waals surface area contributed by atoms with Crippen molar-refractivity contribution < 1.29 is 5.11 Å². The molecule has 1 fully saturated rings. The average molecular weight is 260 g/mol. The Bertz CT molecular complexity index is 399. The summed E-state index contributed by atoms with van der Waals surface area (Å²) >= 11 is 0. The van der Waals surface area contributed by atoms with E-state index in [0.29, 0.717) is 5.92 Å². The van der Waals surface area contributed by atoms with Gasteiger partial charge in [0, 0.05) is 0 Å². The molecule has 0 saturated heterocycles. The summed E-state index contributed by atoms with van der Waals surface area (Å²) in [5, 5.41) is 10.6. The van der Waals surface area contributed by atoms with E-state index in [1.54, 1.807) is 0 Å². The van der Waals surface area contributed by atoms with Gasteiger partial charge in [0.1, 0.15) is 0 Å². The topological polar surface area (TPSA) is 20.2 Å². The number of benzene rings is 1. The Labute approximate surface area is 118 Å². The molecule has 0 spiro atoms. The molecule has 0 amide bonds. The summed E-state index contributed by atoms with van der Waals surface area (Å²) in [6, 6.07) is 8.57. The second kappa shape index (κ2) is 5.66. The minimum atomic E-state index is -0.281. The molecule has 1 saturated carbocycles. The highest BCUT2D eigenvalue weighted by atomic mass is 16.3. The first-order valence-corrected chi connectivity index (χ1v) is 7.66. The van der Waals surface area contributed by atoms with Crippen molar-refractivity contribution in [2.24, 2.45) is 11.8 Å². The third-order valence-electron chi connectivity index (χ3n) is 4.54. The normalized spacial score (nSPS) is 26.2. The van der Waals surface area contributed by atoms with Crippen molar-refractivity contribution in [3.8, 4) is 0 Å². The van der Waals surface area contributed by atoms with Crippen LogP contribution in [0.15, 0.2) is 24.3 Å². The first kappa shape index (κ1) is 14.6. The molecule has 1 aliphatic carbocycles. The molecule has 3 unspecified atom stereocenters. The van der Waals surface area contributed by atoms with E-state index >= 15 is 0 Å². The van der Waals surface area contributed by atoms with Crippen molar-refractivity contribution in [3.05, 3.63) is 35.4 Å². The van der Waals surface area contributed by atoms with Crippen molar-refractivity contribution in [1.82, 2.24) is 0 Å². The maximum absolute atomic E-state index is 10.6. The van der Waals surface area contributed by atoms with Crippen molar-refractivity contribution in [2.75, 3.05) is 0 Å². The van der Waals surface area contributed by atoms with Crippen LogP contribution in [0.1, 0.15) is 70.6 Å². The standard InChI is InChI=1S/C18H28O/c1-13-6-5-7-15(12-13)17(19)14-8-10-16(11-9-14)18(2,3)4/h8-11,13,15,17,19H,5-7,12H2,1-4H3. The van der Waals surface area contributed by atoms with Crippen LogP contribution in [0.4, 0.5) is 0 Å². The third-order valence-corrected chi connectivity index (χ3v) is 4.54. The van der Waals surface area contributed by atoms with Gasteiger partial charge >= 0.3 is 0 Å². The molecule has 1 aliphatic rings. The largest absolute Gasteiger partial charge is 0.388 e. The Morgan fingerprint density at radius 1 is 1.11 bits per heavy atom. The predicted molar refractivity (Wildman–Crippen MR) is 81.2 cm³/mol. The van der Waals surface area contributed by atoms with Crippen LogP contribution in [0.5, 0.6) is 0 Å². The zero-order valence-corrected chi connectivity index (χ0v) is 12.8. The monoisotopic (exact) mass is 260 g/mol. The van der Waals surface area contributed by atoms with E-state index in [-0.39, 0.29) is 11.5 Å². The second-order valence-corrected chi connectivity index (χ2v) is 7.35. The van der Waals surface area contributed by atoms with E-state index in [2.05, 4.69) is 52.0 Å². The molecule has 1 aromatic rings. The first-order valence-electron chi connectivity index (χ1n) is 7.66. The zero-order chi connectivity index (χ0) is 14.0. The van der Waals surface area contributed by atoms with E-state index < -0.39 is 0 Å². The smallest absolute Gasteiger partial charge is 0.0818 e. The summed E-state index contributed by atoms with van der Waals surface area (Å²) < 4.78 is 0. The van der Waals surface area contributed by atoms with Crippen molar-refractivity contribution in [1.29, 1.82) is 0 Å². The van der Waals surface area contributed by atoms with Gasteiger partial charge in [0.25, 0.3) is 0 Å². The van der Waals surface area contributed by atoms with Gasteiger partial charge in [-0.2, -0.15) is 0 Å². The molecule has 0 heterocycles. The lowest BCUT2D eigenvalue weighted by Gasteiger charge is -2.31. The molecule has 1 aromatic carbocycles. The van der Waals surface area contributed by atoms with Crippen LogP contribution < -0.4 is 0 Å². The Kier molecular flexibility index (Phi) is 4.35. The van der Waals surface area contributed by atoms with Crippen LogP contribution >= 0.6 is 0 Å². The quantitative estimate of drug-likeness (QED) is 0.806. The molecule has 0 aliphatic heterocycles. The second-order valence-electron chi connectivity index (χ2n) is 7.35. The fourth-order valence-electron chi connectivity index (χ4n) is 3.22. The van der Waals surface area contributed by atoms with Crippen LogP contribution in [-0.2, 0) is 5.41 Å². The van der Waals surface area contributed by atoms with Crippen molar-refractivity contribution in [3.63, 3.8) is 0 Å². The van der Waals surface area contributed by atoms with Crippen molar-refractivity contribution >= 4 is 0 Å². The van der Waals surface area contributed by atoms with Gasteiger partial charge in [-0.15, -0.1) is 0 Å². The van der Waals surface area contributed by atoms with E-state index in [4.69, 9.17) is 0 Å². The van der Waals surface area contributed by atoms with E-state index in [9.17, 15) is 5.11 Å². The zero-order valence-electron chi connectivity index (χ0n) is 12.8. The molecule has 106 valence electrons. The van der Waals surface area contributed by atoms with Gasteiger partial charge in [-0.3, -0.25) is 0 Å². The molecular weight excluding hydrogens is 232 g/mol. The van der Waals surface area contributed by atoms with Crippen LogP contribution in [0.2, 0.25) is 0 Å². The number of aliphatic hydroxyl groups excluding tert-OH is 1. The summed E-state index contributed by atoms with van der Waals surface area (Å²) in [5.41, 5.74) is 2.61. The van der Waals surface area contributed by atoms with E-state index in [0.717, 1.165) is 11.5 Å². The highest BCUT2D eigenvalue weighted by Gasteiger charge is 2.26. The average Bonchev–Trinajstić information content (AvgIpc) is 2.37. The van der Waals surface area contributed by atoms with Crippen LogP contribution in [0.3, 0.4) is 0 Å². The van der Waals surface area contributed by atoms with Gasteiger partial charge in [-0.25, -0.2) is 0 Å². The van der Waals surface area contributed by atoms with Gasteiger partial charge in [-0.1, -0.05) is 64.8 Å². The predicted octanol–water partition coefficient (Wildman–Crippen LogP) is 4.84. The van der Waals surface area contributed by atoms with Crippen molar-refractivity contribution in [2.45, 2.75) is 64.9 Å². The van der Waals surface area contributed by atoms with E-state index in [1.807, 2.05) is 0 Å². The Hall–Kier alpha value is -0.820. The molecule has 2 rings (SSSR count). The molecule has 1 heteroatoms. The lowest BCUT2D eigenvalue weighted by molar-refractivity contribution is 0.0714. The number of aliphatic hydroxyl groups is 1. The van der Waals surface area contributed by atoms with Crippen LogP contribution in [-0.4, -0.2) is 5.11 Å². The highest BCUT2D eigenvalue weighted by Crippen LogP contribution is 2.37. The van der Waals surface area contributed by atoms with Gasteiger partial charge in [0.15, 0.2) is 0 Å². The number of hydrogen-bond acceptors (Lipinski definition) is 1. The molecule has 1 N–H and O–H groups in total. The molecular formula is C18H28O. The first-order chi connectivity index (χ1) is 8.88. The van der Waals surface area contributed by atoms with Gasteiger partial charge in [0.05, 0.1) is 6.10 Å². The lowest BCUT2D eigenvalue weighted by atomic mass is 9.77. The fourth-order valence-corrected chi connectivity index (χ4v) is 3.22. The third kappa shape index (κ3) is 3.60. The molecule has 19 heavy (non-hydrogen) atoms. The highest BCUT2D eigenvalue weighted by molar-refractivity contribution is 5.29. The SMILES string of the molecule is CC1CCCC(C(O)c2ccc(C(C)(C)C)cc2)C1. The van der Waals surface area contributed by atoms with Gasteiger partial charge in [0.2, 0.25) is 0 Å². The lowest BCUT2D eigenvalue weighted by Crippen LogP contribution is -2.20. The Balaban J connectivity index is 2.09. The minimum absolute atomic E-state index is 0.183. The maximum Gasteiger partial charge on any atom is 0.0818 e. The van der Waals surface area contributed by atoms with Crippen LogP contribution in [0.25, 0.3) is 0 Å². The number of hydrogen-bond donors (Lipinski definition) is 1. The molecule has 3 atom stereocenters. The summed E-state index contributed by atoms with van der Waals surface area (Å²) in [5.74, 6) is 1.21.